The number of esters is 1. The number of hydrogen-bond acceptors (Lipinski definition) is 8. The van der Waals surface area contributed by atoms with Crippen molar-refractivity contribution in [2.75, 3.05) is 19.2 Å². The smallest absolute Gasteiger partial charge is 0.338 e. The van der Waals surface area contributed by atoms with Crippen molar-refractivity contribution >= 4 is 45.9 Å². The lowest BCUT2D eigenvalue weighted by molar-refractivity contribution is -0.136. The van der Waals surface area contributed by atoms with Crippen LogP contribution in [0, 0.1) is 6.92 Å². The van der Waals surface area contributed by atoms with E-state index in [0.717, 1.165) is 27.7 Å². The molecule has 2 aliphatic heterocycles. The van der Waals surface area contributed by atoms with Crippen LogP contribution in [-0.2, 0) is 20.9 Å². The van der Waals surface area contributed by atoms with Gasteiger partial charge in [0, 0.05) is 33.9 Å². The Morgan fingerprint density at radius 2 is 1.80 bits per heavy atom. The Morgan fingerprint density at radius 3 is 2.60 bits per heavy atom. The van der Waals surface area contributed by atoms with E-state index in [1.165, 1.54) is 18.4 Å². The molecule has 1 amide bonds. The van der Waals surface area contributed by atoms with Crippen molar-refractivity contribution in [3.63, 3.8) is 0 Å². The van der Waals surface area contributed by atoms with E-state index in [-0.39, 0.29) is 24.8 Å². The van der Waals surface area contributed by atoms with E-state index >= 15 is 0 Å². The Kier molecular flexibility index (Phi) is 7.09. The number of anilines is 1. The molecule has 10 nitrogen and oxygen atoms in total. The van der Waals surface area contributed by atoms with Gasteiger partial charge in [0.1, 0.15) is 6.54 Å². The van der Waals surface area contributed by atoms with Crippen LogP contribution in [0.2, 0.25) is 0 Å². The average molecular weight is 621 g/mol. The molecule has 0 fully saturated rings. The highest BCUT2D eigenvalue weighted by Gasteiger charge is 2.33. The van der Waals surface area contributed by atoms with Gasteiger partial charge in [0.25, 0.3) is 5.56 Å². The first-order valence-corrected chi connectivity index (χ1v) is 15.1. The minimum Gasteiger partial charge on any atom is -0.466 e. The highest BCUT2D eigenvalue weighted by molar-refractivity contribution is 7.07. The Labute approximate surface area is 261 Å². The van der Waals surface area contributed by atoms with Gasteiger partial charge in [-0.05, 0) is 43.7 Å². The Hall–Kier alpha value is -5.42. The average Bonchev–Trinajstić information content (AvgIpc) is 3.71. The van der Waals surface area contributed by atoms with Gasteiger partial charge in [0.15, 0.2) is 16.3 Å². The number of aromatic nitrogens is 2. The maximum atomic E-state index is 14.1. The fraction of sp³-hybridized carbons (Fsp3) is 0.176. The van der Waals surface area contributed by atoms with Crippen molar-refractivity contribution in [2.45, 2.75) is 26.4 Å². The zero-order valence-electron chi connectivity index (χ0n) is 24.7. The van der Waals surface area contributed by atoms with Crippen LogP contribution in [0.1, 0.15) is 29.8 Å². The largest absolute Gasteiger partial charge is 0.466 e. The van der Waals surface area contributed by atoms with Gasteiger partial charge in [0.2, 0.25) is 12.7 Å². The first-order valence-electron chi connectivity index (χ1n) is 14.3. The molecule has 0 spiro atoms. The van der Waals surface area contributed by atoms with E-state index in [1.807, 2.05) is 72.2 Å². The van der Waals surface area contributed by atoms with E-state index < -0.39 is 12.0 Å². The van der Waals surface area contributed by atoms with Crippen LogP contribution in [0.5, 0.6) is 11.5 Å². The minimum absolute atomic E-state index is 0.0611. The zero-order valence-corrected chi connectivity index (χ0v) is 25.5. The van der Waals surface area contributed by atoms with Gasteiger partial charge in [-0.2, -0.15) is 0 Å². The number of rotatable bonds is 6. The summed E-state index contributed by atoms with van der Waals surface area (Å²) in [5, 5.41) is 3.85. The number of amides is 1. The van der Waals surface area contributed by atoms with Gasteiger partial charge in [-0.15, -0.1) is 0 Å². The molecule has 0 aliphatic carbocycles. The molecule has 0 saturated carbocycles. The van der Waals surface area contributed by atoms with Crippen molar-refractivity contribution in [3.05, 3.63) is 121 Å². The van der Waals surface area contributed by atoms with Crippen LogP contribution < -0.4 is 29.7 Å². The maximum absolute atomic E-state index is 14.1. The van der Waals surface area contributed by atoms with Gasteiger partial charge >= 0.3 is 5.97 Å². The molecule has 0 radical (unpaired) electrons. The topological polar surface area (TPSA) is 113 Å². The second-order valence-electron chi connectivity index (χ2n) is 10.7. The molecule has 226 valence electrons. The summed E-state index contributed by atoms with van der Waals surface area (Å²) in [6.45, 7) is 3.90. The summed E-state index contributed by atoms with van der Waals surface area (Å²) in [5.74, 6) is 0.485. The van der Waals surface area contributed by atoms with Crippen LogP contribution in [0.15, 0.2) is 93.9 Å². The van der Waals surface area contributed by atoms with Crippen molar-refractivity contribution < 1.29 is 23.8 Å². The highest BCUT2D eigenvalue weighted by Crippen LogP contribution is 2.34. The summed E-state index contributed by atoms with van der Waals surface area (Å²) in [5.41, 5.74) is 4.46. The molecule has 1 unspecified atom stereocenters. The molecular weight excluding hydrogens is 592 g/mol. The fourth-order valence-electron chi connectivity index (χ4n) is 5.94. The summed E-state index contributed by atoms with van der Waals surface area (Å²) in [4.78, 5) is 45.4. The molecule has 4 heterocycles. The number of carbonyl (C=O) groups excluding carboxylic acids is 2. The maximum Gasteiger partial charge on any atom is 0.338 e. The molecule has 2 aliphatic rings. The number of para-hydroxylation sites is 1. The summed E-state index contributed by atoms with van der Waals surface area (Å²) in [6, 6.07) is 21.8. The molecule has 1 N–H and O–H groups in total. The predicted octanol–water partition coefficient (Wildman–Crippen LogP) is 4.04. The van der Waals surface area contributed by atoms with Gasteiger partial charge in [0.05, 0.1) is 29.0 Å². The SMILES string of the molecule is COC(=O)C1=C(C)N=c2sc(=Cc3c(C)n(CC(=O)Nc4ccc5c(c4)OCO5)c4ccccc34)c(=O)n2C1c1ccccc1. The lowest BCUT2D eigenvalue weighted by Crippen LogP contribution is -2.39. The number of benzene rings is 3. The molecular formula is C34H28N4O6S. The third kappa shape index (κ3) is 4.91. The Morgan fingerprint density at radius 1 is 1.04 bits per heavy atom. The normalized spacial score (nSPS) is 15.6. The van der Waals surface area contributed by atoms with Crippen molar-refractivity contribution in [1.29, 1.82) is 0 Å². The number of nitrogens with zero attached hydrogens (tertiary/aromatic N) is 3. The van der Waals surface area contributed by atoms with Crippen molar-refractivity contribution in [1.82, 2.24) is 9.13 Å². The molecule has 1 atom stereocenters. The summed E-state index contributed by atoms with van der Waals surface area (Å²) >= 11 is 1.26. The van der Waals surface area contributed by atoms with E-state index in [0.29, 0.717) is 37.8 Å². The molecule has 5 aromatic rings. The second-order valence-corrected chi connectivity index (χ2v) is 11.7. The number of nitrogens with one attached hydrogen (secondary N) is 1. The monoisotopic (exact) mass is 620 g/mol. The number of ether oxygens (including phenoxy) is 3. The lowest BCUT2D eigenvalue weighted by Gasteiger charge is -2.24. The quantitative estimate of drug-likeness (QED) is 0.287. The molecule has 0 bridgehead atoms. The summed E-state index contributed by atoms with van der Waals surface area (Å²) < 4.78 is 19.9. The minimum atomic E-state index is -0.681. The molecule has 2 aromatic heterocycles. The van der Waals surface area contributed by atoms with Gasteiger partial charge in [-0.25, -0.2) is 9.79 Å². The summed E-state index contributed by atoms with van der Waals surface area (Å²) in [7, 11) is 1.32. The second kappa shape index (κ2) is 11.3. The number of allylic oxidation sites excluding steroid dienone is 1. The van der Waals surface area contributed by atoms with Crippen LogP contribution in [0.3, 0.4) is 0 Å². The number of methoxy groups -OCH3 is 1. The number of hydrogen-bond donors (Lipinski definition) is 1. The molecule has 7 rings (SSSR count). The van der Waals surface area contributed by atoms with Crippen LogP contribution in [-0.4, -0.2) is 34.9 Å². The molecule has 0 saturated heterocycles. The van der Waals surface area contributed by atoms with Crippen molar-refractivity contribution in [3.8, 4) is 11.5 Å². The van der Waals surface area contributed by atoms with Crippen LogP contribution in [0.4, 0.5) is 5.69 Å². The molecule has 3 aromatic carbocycles. The van der Waals surface area contributed by atoms with Gasteiger partial charge in [-0.1, -0.05) is 59.9 Å². The molecule has 45 heavy (non-hydrogen) atoms. The van der Waals surface area contributed by atoms with E-state index in [4.69, 9.17) is 14.2 Å². The van der Waals surface area contributed by atoms with E-state index in [2.05, 4.69) is 10.3 Å². The highest BCUT2D eigenvalue weighted by atomic mass is 32.1. The van der Waals surface area contributed by atoms with Crippen LogP contribution in [0.25, 0.3) is 17.0 Å². The van der Waals surface area contributed by atoms with Gasteiger partial charge < -0.3 is 24.1 Å². The Bertz CT molecular complexity index is 2230. The predicted molar refractivity (Wildman–Crippen MR) is 170 cm³/mol. The van der Waals surface area contributed by atoms with E-state index in [9.17, 15) is 14.4 Å². The van der Waals surface area contributed by atoms with E-state index in [1.54, 1.807) is 29.7 Å². The van der Waals surface area contributed by atoms with Gasteiger partial charge in [-0.3, -0.25) is 14.2 Å². The van der Waals surface area contributed by atoms with Crippen molar-refractivity contribution in [2.24, 2.45) is 4.99 Å². The van der Waals surface area contributed by atoms with Crippen LogP contribution >= 0.6 is 11.3 Å². The standard InChI is InChI=1S/C34H28N4O6S/c1-19-30(33(41)42-3)31(21-9-5-4-6-10-21)38-32(40)28(45-34(38)35-19)16-24-20(2)37(25-12-8-7-11-23(24)25)17-29(39)36-22-13-14-26-27(15-22)44-18-43-26/h4-16,31H,17-18H2,1-3H3,(H,36,39). The first-order chi connectivity index (χ1) is 21.8. The number of fused-ring (bicyclic) bond motifs is 3. The first kappa shape index (κ1) is 28.4. The molecule has 11 heteroatoms. The summed E-state index contributed by atoms with van der Waals surface area (Å²) in [6.07, 6.45) is 1.85. The lowest BCUT2D eigenvalue weighted by atomic mass is 9.96. The fourth-order valence-corrected chi connectivity index (χ4v) is 6.96. The third-order valence-corrected chi connectivity index (χ3v) is 9.04. The third-order valence-electron chi connectivity index (χ3n) is 8.06. The zero-order chi connectivity index (χ0) is 31.2. The Balaban J connectivity index is 1.30. The number of carbonyl (C=O) groups is 2. The number of thiazole rings is 1.